The molecule has 0 radical (unpaired) electrons. The molecule has 37 heavy (non-hydrogen) atoms. The minimum absolute atomic E-state index is 0.0393. The molecule has 2 aliphatic rings. The molecule has 0 atom stereocenters. The lowest BCUT2D eigenvalue weighted by Crippen LogP contribution is -2.36. The lowest BCUT2D eigenvalue weighted by atomic mass is 9.95. The molecular weight excluding hydrogens is 492 g/mol. The zero-order valence-electron chi connectivity index (χ0n) is 21.6. The number of carbonyl (C=O) groups is 1. The number of aromatic nitrogens is 4. The van der Waals surface area contributed by atoms with Gasteiger partial charge in [-0.05, 0) is 42.5 Å². The Morgan fingerprint density at radius 3 is 2.49 bits per heavy atom. The molecule has 0 bridgehead atoms. The van der Waals surface area contributed by atoms with Crippen LogP contribution < -0.4 is 9.62 Å². The van der Waals surface area contributed by atoms with Gasteiger partial charge >= 0.3 is 0 Å². The average Bonchev–Trinajstić information content (AvgIpc) is 3.28. The number of rotatable bonds is 6. The number of ether oxygens (including phenoxy) is 1. The van der Waals surface area contributed by atoms with Gasteiger partial charge in [0.2, 0.25) is 10.0 Å². The molecule has 11 heteroatoms. The molecule has 5 rings (SSSR count). The fraction of sp³-hybridized carbons (Fsp3) is 0.538. The molecule has 0 aromatic carbocycles. The quantitative estimate of drug-likeness (QED) is 0.517. The standard InChI is InChI=1S/C26H34N6O4S/c1-17(2)24-23-20(18-9-10-22(27-16-18)31-11-13-36-14-12-31)15-21(26(33)30-37(3,34)35)28-25(23)32(29-24)19-7-5-4-6-8-19/h9-10,15-17,19H,4-8,11-14H2,1-3H3,(H,30,33). The largest absolute Gasteiger partial charge is 0.378 e. The molecule has 1 saturated heterocycles. The first-order valence-corrected chi connectivity index (χ1v) is 14.8. The first kappa shape index (κ1) is 25.6. The van der Waals surface area contributed by atoms with Gasteiger partial charge in [0, 0.05) is 24.8 Å². The van der Waals surface area contributed by atoms with Gasteiger partial charge in [0.1, 0.15) is 11.5 Å². The number of amides is 1. The first-order valence-electron chi connectivity index (χ1n) is 13.0. The molecule has 1 aliphatic heterocycles. The summed E-state index contributed by atoms with van der Waals surface area (Å²) >= 11 is 0. The fourth-order valence-corrected chi connectivity index (χ4v) is 5.68. The predicted molar refractivity (Wildman–Crippen MR) is 142 cm³/mol. The SMILES string of the molecule is CC(C)c1nn(C2CCCCC2)c2nc(C(=O)NS(C)(=O)=O)cc(-c3ccc(N4CCOCC4)nc3)c12. The van der Waals surface area contributed by atoms with Crippen LogP contribution in [0.4, 0.5) is 5.82 Å². The molecular formula is C26H34N6O4S. The maximum absolute atomic E-state index is 13.0. The van der Waals surface area contributed by atoms with E-state index >= 15 is 0 Å². The van der Waals surface area contributed by atoms with Crippen LogP contribution in [-0.2, 0) is 14.8 Å². The van der Waals surface area contributed by atoms with Crippen molar-refractivity contribution < 1.29 is 17.9 Å². The molecule has 198 valence electrons. The third kappa shape index (κ3) is 5.47. The topological polar surface area (TPSA) is 119 Å². The molecule has 10 nitrogen and oxygen atoms in total. The molecule has 1 N–H and O–H groups in total. The number of anilines is 1. The van der Waals surface area contributed by atoms with Crippen molar-refractivity contribution in [1.82, 2.24) is 24.5 Å². The maximum atomic E-state index is 13.0. The molecule has 0 unspecified atom stereocenters. The van der Waals surface area contributed by atoms with Crippen molar-refractivity contribution >= 4 is 32.8 Å². The van der Waals surface area contributed by atoms with Crippen LogP contribution in [0.1, 0.15) is 74.1 Å². The molecule has 1 amide bonds. The van der Waals surface area contributed by atoms with E-state index in [-0.39, 0.29) is 17.7 Å². The summed E-state index contributed by atoms with van der Waals surface area (Å²) in [6.45, 7) is 7.11. The number of carbonyl (C=O) groups excluding carboxylic acids is 1. The van der Waals surface area contributed by atoms with Gasteiger partial charge in [-0.25, -0.2) is 27.8 Å². The second-order valence-electron chi connectivity index (χ2n) is 10.2. The van der Waals surface area contributed by atoms with Crippen LogP contribution in [0.2, 0.25) is 0 Å². The monoisotopic (exact) mass is 526 g/mol. The zero-order chi connectivity index (χ0) is 26.2. The van der Waals surface area contributed by atoms with Crippen molar-refractivity contribution in [3.8, 4) is 11.1 Å². The number of hydrogen-bond donors (Lipinski definition) is 1. The van der Waals surface area contributed by atoms with E-state index in [1.54, 1.807) is 12.3 Å². The van der Waals surface area contributed by atoms with Crippen LogP contribution in [0, 0.1) is 0 Å². The van der Waals surface area contributed by atoms with E-state index in [1.807, 2.05) is 16.8 Å². The van der Waals surface area contributed by atoms with Crippen molar-refractivity contribution in [3.05, 3.63) is 35.8 Å². The number of nitrogens with zero attached hydrogens (tertiary/aromatic N) is 5. The zero-order valence-corrected chi connectivity index (χ0v) is 22.4. The lowest BCUT2D eigenvalue weighted by Gasteiger charge is -2.27. The van der Waals surface area contributed by atoms with Gasteiger partial charge in [-0.1, -0.05) is 33.1 Å². The summed E-state index contributed by atoms with van der Waals surface area (Å²) in [5.74, 6) is 0.240. The van der Waals surface area contributed by atoms with Crippen molar-refractivity contribution in [1.29, 1.82) is 0 Å². The Morgan fingerprint density at radius 2 is 1.86 bits per heavy atom. The van der Waals surface area contributed by atoms with E-state index in [4.69, 9.17) is 19.8 Å². The summed E-state index contributed by atoms with van der Waals surface area (Å²) in [4.78, 5) is 24.6. The summed E-state index contributed by atoms with van der Waals surface area (Å²) in [6.07, 6.45) is 8.21. The normalized spacial score (nSPS) is 17.5. The van der Waals surface area contributed by atoms with Gasteiger partial charge in [-0.3, -0.25) is 4.79 Å². The van der Waals surface area contributed by atoms with Crippen LogP contribution in [0.5, 0.6) is 0 Å². The molecule has 1 aliphatic carbocycles. The van der Waals surface area contributed by atoms with E-state index < -0.39 is 15.9 Å². The number of hydrogen-bond acceptors (Lipinski definition) is 8. The smallest absolute Gasteiger partial charge is 0.283 e. The summed E-state index contributed by atoms with van der Waals surface area (Å²) in [5, 5.41) is 5.91. The van der Waals surface area contributed by atoms with Gasteiger partial charge in [0.05, 0.1) is 36.6 Å². The van der Waals surface area contributed by atoms with Gasteiger partial charge in [-0.15, -0.1) is 0 Å². The van der Waals surface area contributed by atoms with E-state index in [0.29, 0.717) is 18.9 Å². The highest BCUT2D eigenvalue weighted by Gasteiger charge is 2.27. The summed E-state index contributed by atoms with van der Waals surface area (Å²) in [6, 6.07) is 5.82. The summed E-state index contributed by atoms with van der Waals surface area (Å²) in [5.41, 5.74) is 3.16. The number of nitrogens with one attached hydrogen (secondary N) is 1. The number of fused-ring (bicyclic) bond motifs is 1. The van der Waals surface area contributed by atoms with Crippen LogP contribution in [0.3, 0.4) is 0 Å². The highest BCUT2D eigenvalue weighted by molar-refractivity contribution is 7.89. The third-order valence-electron chi connectivity index (χ3n) is 7.06. The van der Waals surface area contributed by atoms with Gasteiger partial charge in [-0.2, -0.15) is 5.10 Å². The average molecular weight is 527 g/mol. The maximum Gasteiger partial charge on any atom is 0.283 e. The Kier molecular flexibility index (Phi) is 7.17. The number of sulfonamides is 1. The highest BCUT2D eigenvalue weighted by Crippen LogP contribution is 2.38. The Morgan fingerprint density at radius 1 is 1.14 bits per heavy atom. The second kappa shape index (κ2) is 10.4. The van der Waals surface area contributed by atoms with E-state index in [2.05, 4.69) is 23.5 Å². The van der Waals surface area contributed by atoms with Crippen molar-refractivity contribution in [2.75, 3.05) is 37.5 Å². The Labute approximate surface area is 217 Å². The van der Waals surface area contributed by atoms with Gasteiger partial charge < -0.3 is 9.64 Å². The molecule has 4 heterocycles. The first-order chi connectivity index (χ1) is 17.7. The second-order valence-corrected chi connectivity index (χ2v) is 12.0. The van der Waals surface area contributed by atoms with Crippen molar-refractivity contribution in [2.45, 2.75) is 57.9 Å². The Balaban J connectivity index is 1.67. The highest BCUT2D eigenvalue weighted by atomic mass is 32.2. The van der Waals surface area contributed by atoms with Crippen molar-refractivity contribution in [3.63, 3.8) is 0 Å². The van der Waals surface area contributed by atoms with Crippen molar-refractivity contribution in [2.24, 2.45) is 0 Å². The van der Waals surface area contributed by atoms with Gasteiger partial charge in [0.25, 0.3) is 5.91 Å². The lowest BCUT2D eigenvalue weighted by molar-refractivity contribution is 0.0977. The van der Waals surface area contributed by atoms with Gasteiger partial charge in [0.15, 0.2) is 5.65 Å². The predicted octanol–water partition coefficient (Wildman–Crippen LogP) is 3.65. The minimum atomic E-state index is -3.75. The number of morpholine rings is 1. The molecule has 2 fully saturated rings. The molecule has 0 spiro atoms. The third-order valence-corrected chi connectivity index (χ3v) is 7.62. The molecule has 3 aromatic heterocycles. The van der Waals surface area contributed by atoms with E-state index in [0.717, 1.165) is 73.1 Å². The van der Waals surface area contributed by atoms with E-state index in [9.17, 15) is 13.2 Å². The molecule has 3 aromatic rings. The molecule has 1 saturated carbocycles. The van der Waals surface area contributed by atoms with Crippen LogP contribution in [-0.4, -0.2) is 66.6 Å². The number of pyridine rings is 2. The summed E-state index contributed by atoms with van der Waals surface area (Å²) in [7, 11) is -3.75. The fourth-order valence-electron chi connectivity index (χ4n) is 5.24. The summed E-state index contributed by atoms with van der Waals surface area (Å²) < 4.78 is 33.1. The minimum Gasteiger partial charge on any atom is -0.378 e. The van der Waals surface area contributed by atoms with Crippen LogP contribution >= 0.6 is 0 Å². The van der Waals surface area contributed by atoms with E-state index in [1.165, 1.54) is 6.42 Å². The Bertz CT molecular complexity index is 1390. The Hall–Kier alpha value is -3.05. The van der Waals surface area contributed by atoms with Crippen LogP contribution in [0.15, 0.2) is 24.4 Å². The van der Waals surface area contributed by atoms with Crippen LogP contribution in [0.25, 0.3) is 22.2 Å².